The Hall–Kier alpha value is -2.02. The molecule has 0 atom stereocenters. The van der Waals surface area contributed by atoms with Crippen molar-refractivity contribution in [3.8, 4) is 11.3 Å². The number of rotatable bonds is 5. The monoisotopic (exact) mass is 344 g/mol. The van der Waals surface area contributed by atoms with E-state index in [1.165, 1.54) is 0 Å². The first-order valence-electron chi connectivity index (χ1n) is 7.08. The van der Waals surface area contributed by atoms with Crippen molar-refractivity contribution in [1.82, 2.24) is 9.71 Å². The first-order valence-corrected chi connectivity index (χ1v) is 9.51. The predicted octanol–water partition coefficient (Wildman–Crippen LogP) is 3.60. The summed E-state index contributed by atoms with van der Waals surface area (Å²) in [5.74, 6) is 0. The molecule has 1 N–H and O–H groups in total. The van der Waals surface area contributed by atoms with E-state index in [1.807, 2.05) is 41.9 Å². The number of aryl methyl sites for hydroxylation is 1. The second-order valence-electron chi connectivity index (χ2n) is 5.20. The molecule has 118 valence electrons. The molecular weight excluding hydrogens is 328 g/mol. The van der Waals surface area contributed by atoms with Gasteiger partial charge in [0.05, 0.1) is 10.6 Å². The van der Waals surface area contributed by atoms with E-state index in [4.69, 9.17) is 0 Å². The average Bonchev–Trinajstić information content (AvgIpc) is 3.08. The van der Waals surface area contributed by atoms with E-state index in [2.05, 4.69) is 9.71 Å². The third-order valence-corrected chi connectivity index (χ3v) is 5.49. The van der Waals surface area contributed by atoms with Gasteiger partial charge in [-0.05, 0) is 53.8 Å². The number of hydrogen-bond donors (Lipinski definition) is 1. The number of sulfonamides is 1. The van der Waals surface area contributed by atoms with E-state index in [0.717, 1.165) is 22.4 Å². The summed E-state index contributed by atoms with van der Waals surface area (Å²) in [6.07, 6.45) is 1.70. The van der Waals surface area contributed by atoms with Gasteiger partial charge in [0, 0.05) is 23.7 Å². The Balaban J connectivity index is 1.77. The van der Waals surface area contributed by atoms with Crippen molar-refractivity contribution in [1.29, 1.82) is 0 Å². The minimum absolute atomic E-state index is 0.232. The lowest BCUT2D eigenvalue weighted by Gasteiger charge is -2.08. The molecule has 0 amide bonds. The summed E-state index contributed by atoms with van der Waals surface area (Å²) < 4.78 is 27.3. The molecule has 1 aromatic carbocycles. The molecule has 2 heterocycles. The number of thiophene rings is 1. The molecule has 0 saturated carbocycles. The zero-order valence-electron chi connectivity index (χ0n) is 12.6. The minimum Gasteiger partial charge on any atom is -0.256 e. The van der Waals surface area contributed by atoms with Crippen LogP contribution in [0.5, 0.6) is 0 Å². The van der Waals surface area contributed by atoms with E-state index in [0.29, 0.717) is 0 Å². The van der Waals surface area contributed by atoms with Crippen molar-refractivity contribution in [2.45, 2.75) is 18.4 Å². The van der Waals surface area contributed by atoms with Gasteiger partial charge in [0.25, 0.3) is 0 Å². The second kappa shape index (κ2) is 6.62. The van der Waals surface area contributed by atoms with Crippen molar-refractivity contribution in [3.05, 3.63) is 70.5 Å². The molecule has 0 unspecified atom stereocenters. The number of nitrogens with zero attached hydrogens (tertiary/aromatic N) is 1. The molecule has 0 aliphatic rings. The second-order valence-corrected chi connectivity index (χ2v) is 7.75. The van der Waals surface area contributed by atoms with Gasteiger partial charge in [0.15, 0.2) is 0 Å². The van der Waals surface area contributed by atoms with Gasteiger partial charge in [-0.25, -0.2) is 13.1 Å². The molecular formula is C17H16N2O2S2. The lowest BCUT2D eigenvalue weighted by atomic mass is 10.1. The fraction of sp³-hybridized carbons (Fsp3) is 0.118. The van der Waals surface area contributed by atoms with Gasteiger partial charge >= 0.3 is 0 Å². The van der Waals surface area contributed by atoms with Crippen molar-refractivity contribution in [3.63, 3.8) is 0 Å². The third-order valence-electron chi connectivity index (χ3n) is 3.41. The van der Waals surface area contributed by atoms with Crippen LogP contribution in [0.1, 0.15) is 11.1 Å². The summed E-state index contributed by atoms with van der Waals surface area (Å²) in [4.78, 5) is 4.61. The lowest BCUT2D eigenvalue weighted by Crippen LogP contribution is -2.23. The van der Waals surface area contributed by atoms with E-state index >= 15 is 0 Å². The molecule has 3 rings (SSSR count). The highest BCUT2D eigenvalue weighted by Crippen LogP contribution is 2.20. The molecule has 0 aliphatic heterocycles. The van der Waals surface area contributed by atoms with Crippen molar-refractivity contribution in [2.24, 2.45) is 0 Å². The van der Waals surface area contributed by atoms with Gasteiger partial charge in [0.2, 0.25) is 10.0 Å². The summed E-state index contributed by atoms with van der Waals surface area (Å²) in [6.45, 7) is 2.10. The van der Waals surface area contributed by atoms with E-state index in [9.17, 15) is 8.42 Å². The number of nitrogens with one attached hydrogen (secondary N) is 1. The summed E-state index contributed by atoms with van der Waals surface area (Å²) in [7, 11) is -3.52. The Bertz CT molecular complexity index is 904. The van der Waals surface area contributed by atoms with E-state index < -0.39 is 10.0 Å². The number of aromatic nitrogens is 1. The first-order chi connectivity index (χ1) is 11.0. The van der Waals surface area contributed by atoms with Crippen LogP contribution in [0.3, 0.4) is 0 Å². The highest BCUT2D eigenvalue weighted by atomic mass is 32.2. The quantitative estimate of drug-likeness (QED) is 0.769. The van der Waals surface area contributed by atoms with Crippen LogP contribution in [0.2, 0.25) is 0 Å². The number of benzene rings is 1. The molecule has 0 spiro atoms. The summed E-state index contributed by atoms with van der Waals surface area (Å²) in [5.41, 5.74) is 3.67. The topological polar surface area (TPSA) is 59.1 Å². The fourth-order valence-corrected chi connectivity index (χ4v) is 3.97. The van der Waals surface area contributed by atoms with Gasteiger partial charge in [-0.2, -0.15) is 11.3 Å². The predicted molar refractivity (Wildman–Crippen MR) is 92.8 cm³/mol. The van der Waals surface area contributed by atoms with Crippen molar-refractivity contribution >= 4 is 21.4 Å². The largest absolute Gasteiger partial charge is 0.256 e. The van der Waals surface area contributed by atoms with E-state index in [1.54, 1.807) is 35.7 Å². The van der Waals surface area contributed by atoms with Crippen LogP contribution >= 0.6 is 11.3 Å². The third kappa shape index (κ3) is 3.85. The molecule has 0 fully saturated rings. The highest BCUT2D eigenvalue weighted by molar-refractivity contribution is 7.89. The Morgan fingerprint density at radius 1 is 1.17 bits per heavy atom. The summed E-state index contributed by atoms with van der Waals surface area (Å²) in [6, 6.07) is 12.6. The fourth-order valence-electron chi connectivity index (χ4n) is 2.20. The van der Waals surface area contributed by atoms with Crippen LogP contribution < -0.4 is 4.72 Å². The number of pyridine rings is 1. The van der Waals surface area contributed by atoms with Crippen LogP contribution in [0, 0.1) is 6.92 Å². The Morgan fingerprint density at radius 2 is 2.04 bits per heavy atom. The molecule has 0 radical (unpaired) electrons. The molecule has 0 aliphatic carbocycles. The van der Waals surface area contributed by atoms with Crippen molar-refractivity contribution < 1.29 is 8.42 Å². The van der Waals surface area contributed by atoms with E-state index in [-0.39, 0.29) is 11.4 Å². The van der Waals surface area contributed by atoms with Gasteiger partial charge in [-0.15, -0.1) is 0 Å². The molecule has 6 heteroatoms. The summed E-state index contributed by atoms with van der Waals surface area (Å²) in [5, 5.41) is 4.01. The maximum absolute atomic E-state index is 12.3. The molecule has 4 nitrogen and oxygen atoms in total. The minimum atomic E-state index is -3.52. The lowest BCUT2D eigenvalue weighted by molar-refractivity contribution is 0.581. The molecule has 3 aromatic rings. The van der Waals surface area contributed by atoms with Crippen molar-refractivity contribution in [2.75, 3.05) is 0 Å². The zero-order valence-corrected chi connectivity index (χ0v) is 14.2. The summed E-state index contributed by atoms with van der Waals surface area (Å²) >= 11 is 1.60. The van der Waals surface area contributed by atoms with Gasteiger partial charge < -0.3 is 0 Å². The Morgan fingerprint density at radius 3 is 2.78 bits per heavy atom. The molecule has 0 saturated heterocycles. The maximum atomic E-state index is 12.3. The average molecular weight is 344 g/mol. The van der Waals surface area contributed by atoms with Crippen LogP contribution in [0.4, 0.5) is 0 Å². The van der Waals surface area contributed by atoms with Crippen LogP contribution in [0.25, 0.3) is 11.3 Å². The van der Waals surface area contributed by atoms with Crippen LogP contribution in [0.15, 0.2) is 64.3 Å². The maximum Gasteiger partial charge on any atom is 0.240 e. The SMILES string of the molecule is Cc1cccc(S(=O)(=O)NCc2ccnc(-c3ccsc3)c2)c1. The standard InChI is InChI=1S/C17H16N2O2S2/c1-13-3-2-4-16(9-13)23(20,21)19-11-14-5-7-18-17(10-14)15-6-8-22-12-15/h2-10,12,19H,11H2,1H3. The van der Waals surface area contributed by atoms with Gasteiger partial charge in [-0.1, -0.05) is 12.1 Å². The van der Waals surface area contributed by atoms with Crippen LogP contribution in [-0.4, -0.2) is 13.4 Å². The molecule has 23 heavy (non-hydrogen) atoms. The van der Waals surface area contributed by atoms with Crippen LogP contribution in [-0.2, 0) is 16.6 Å². The number of hydrogen-bond acceptors (Lipinski definition) is 4. The zero-order chi connectivity index (χ0) is 16.3. The first kappa shape index (κ1) is 15.9. The molecule has 0 bridgehead atoms. The van der Waals surface area contributed by atoms with Gasteiger partial charge in [-0.3, -0.25) is 4.98 Å². The van der Waals surface area contributed by atoms with Gasteiger partial charge in [0.1, 0.15) is 0 Å². The smallest absolute Gasteiger partial charge is 0.240 e. The highest BCUT2D eigenvalue weighted by Gasteiger charge is 2.13. The molecule has 2 aromatic heterocycles. The normalized spacial score (nSPS) is 11.5. The Kier molecular flexibility index (Phi) is 4.56. The Labute approximate surface area is 139 Å².